The smallest absolute Gasteiger partial charge is 0.338 e. The van der Waals surface area contributed by atoms with Gasteiger partial charge in [0.25, 0.3) is 0 Å². The van der Waals surface area contributed by atoms with Gasteiger partial charge >= 0.3 is 11.9 Å². The Labute approximate surface area is 174 Å². The molecule has 2 aliphatic heterocycles. The van der Waals surface area contributed by atoms with Crippen molar-refractivity contribution in [1.29, 1.82) is 0 Å². The highest BCUT2D eigenvalue weighted by Gasteiger charge is 2.58. The van der Waals surface area contributed by atoms with E-state index in [4.69, 9.17) is 23.7 Å². The summed E-state index contributed by atoms with van der Waals surface area (Å²) >= 11 is 0. The normalized spacial score (nSPS) is 27.8. The first-order valence-electron chi connectivity index (χ1n) is 9.87. The first kappa shape index (κ1) is 20.5. The molecule has 0 unspecified atom stereocenters. The van der Waals surface area contributed by atoms with Gasteiger partial charge in [0.15, 0.2) is 24.3 Å². The monoisotopic (exact) mass is 412 g/mol. The van der Waals surface area contributed by atoms with Gasteiger partial charge in [0, 0.05) is 0 Å². The molecule has 7 nitrogen and oxygen atoms in total. The molecule has 0 bridgehead atoms. The number of esters is 2. The molecule has 5 atom stereocenters. The molecule has 0 radical (unpaired) electrons. The van der Waals surface area contributed by atoms with Crippen molar-refractivity contribution in [3.8, 4) is 0 Å². The van der Waals surface area contributed by atoms with E-state index in [0.29, 0.717) is 11.1 Å². The minimum atomic E-state index is -0.873. The topological polar surface area (TPSA) is 80.3 Å². The highest BCUT2D eigenvalue weighted by molar-refractivity contribution is 5.90. The van der Waals surface area contributed by atoms with Crippen molar-refractivity contribution in [2.75, 3.05) is 0 Å². The number of ether oxygens (including phenoxy) is 5. The van der Waals surface area contributed by atoms with E-state index in [9.17, 15) is 9.59 Å². The highest BCUT2D eigenvalue weighted by Crippen LogP contribution is 2.40. The number of benzene rings is 2. The standard InChI is InChI=1S/C23H24O7/c1-14(26-20(24)15-10-6-4-7-11-15)17-18(19-22(28-17)30-23(2,3)29-19)27-21(25)16-12-8-5-9-13-16/h4-14,17-19,22H,1-3H3/t14-,17-,18+,19-,22-/m1/s1. The third-order valence-corrected chi connectivity index (χ3v) is 5.04. The predicted octanol–water partition coefficient (Wildman–Crippen LogP) is 3.33. The van der Waals surface area contributed by atoms with Crippen molar-refractivity contribution >= 4 is 11.9 Å². The van der Waals surface area contributed by atoms with Crippen LogP contribution in [0.15, 0.2) is 60.7 Å². The zero-order valence-electron chi connectivity index (χ0n) is 17.0. The quantitative estimate of drug-likeness (QED) is 0.697. The van der Waals surface area contributed by atoms with Gasteiger partial charge in [-0.1, -0.05) is 36.4 Å². The Hall–Kier alpha value is -2.74. The number of carbonyl (C=O) groups is 2. The Kier molecular flexibility index (Phi) is 5.60. The maximum atomic E-state index is 12.7. The zero-order chi connectivity index (χ0) is 21.3. The summed E-state index contributed by atoms with van der Waals surface area (Å²) in [5, 5.41) is 0. The van der Waals surface area contributed by atoms with E-state index >= 15 is 0 Å². The summed E-state index contributed by atoms with van der Waals surface area (Å²) in [7, 11) is 0. The molecule has 2 heterocycles. The lowest BCUT2D eigenvalue weighted by atomic mass is 10.1. The van der Waals surface area contributed by atoms with Gasteiger partial charge in [0.2, 0.25) is 0 Å². The van der Waals surface area contributed by atoms with Gasteiger partial charge in [-0.05, 0) is 45.0 Å². The molecule has 2 fully saturated rings. The van der Waals surface area contributed by atoms with Gasteiger partial charge in [0.1, 0.15) is 12.2 Å². The van der Waals surface area contributed by atoms with Crippen LogP contribution in [-0.2, 0) is 23.7 Å². The summed E-state index contributed by atoms with van der Waals surface area (Å²) in [5.41, 5.74) is 0.834. The van der Waals surface area contributed by atoms with Gasteiger partial charge in [0.05, 0.1) is 11.1 Å². The van der Waals surface area contributed by atoms with Crippen molar-refractivity contribution in [3.63, 3.8) is 0 Å². The molecule has 0 saturated carbocycles. The van der Waals surface area contributed by atoms with Crippen LogP contribution in [0.2, 0.25) is 0 Å². The van der Waals surface area contributed by atoms with E-state index in [1.807, 2.05) is 12.1 Å². The van der Waals surface area contributed by atoms with Crippen LogP contribution in [0.4, 0.5) is 0 Å². The third-order valence-electron chi connectivity index (χ3n) is 5.04. The van der Waals surface area contributed by atoms with Crippen LogP contribution >= 0.6 is 0 Å². The van der Waals surface area contributed by atoms with Crippen molar-refractivity contribution in [1.82, 2.24) is 0 Å². The van der Waals surface area contributed by atoms with Crippen LogP contribution in [0.3, 0.4) is 0 Å². The molecule has 0 aliphatic carbocycles. The minimum Gasteiger partial charge on any atom is -0.456 e. The fourth-order valence-corrected chi connectivity index (χ4v) is 3.66. The second-order valence-electron chi connectivity index (χ2n) is 7.78. The number of carbonyl (C=O) groups excluding carboxylic acids is 2. The summed E-state index contributed by atoms with van der Waals surface area (Å²) in [6, 6.07) is 17.3. The highest BCUT2D eigenvalue weighted by atomic mass is 16.8. The Bertz CT molecular complexity index is 896. The first-order chi connectivity index (χ1) is 14.3. The molecule has 158 valence electrons. The summed E-state index contributed by atoms with van der Waals surface area (Å²) in [5.74, 6) is -1.87. The number of fused-ring (bicyclic) bond motifs is 1. The van der Waals surface area contributed by atoms with Crippen LogP contribution < -0.4 is 0 Å². The SMILES string of the molecule is C[C@@H](OC(=O)c1ccccc1)[C@H]1O[C@@H]2OC(C)(C)O[C@@H]2[C@H]1OC(=O)c1ccccc1. The molecule has 2 aromatic carbocycles. The summed E-state index contributed by atoms with van der Waals surface area (Å²) in [6.45, 7) is 5.22. The van der Waals surface area contributed by atoms with Crippen molar-refractivity contribution < 1.29 is 33.3 Å². The second kappa shape index (κ2) is 8.18. The number of rotatable bonds is 5. The van der Waals surface area contributed by atoms with E-state index < -0.39 is 48.4 Å². The van der Waals surface area contributed by atoms with Crippen molar-refractivity contribution in [2.24, 2.45) is 0 Å². The number of hydrogen-bond acceptors (Lipinski definition) is 7. The van der Waals surface area contributed by atoms with Crippen molar-refractivity contribution in [2.45, 2.75) is 57.3 Å². The average Bonchev–Trinajstić information content (AvgIpc) is 3.21. The lowest BCUT2D eigenvalue weighted by Gasteiger charge is -2.28. The van der Waals surface area contributed by atoms with Gasteiger partial charge in [-0.3, -0.25) is 0 Å². The molecular weight excluding hydrogens is 388 g/mol. The number of hydrogen-bond donors (Lipinski definition) is 0. The Morgan fingerprint density at radius 3 is 2.07 bits per heavy atom. The maximum absolute atomic E-state index is 12.7. The van der Waals surface area contributed by atoms with E-state index in [1.165, 1.54) is 0 Å². The maximum Gasteiger partial charge on any atom is 0.338 e. The molecule has 0 spiro atoms. The molecule has 2 saturated heterocycles. The third kappa shape index (κ3) is 4.23. The van der Waals surface area contributed by atoms with Crippen LogP contribution in [0.25, 0.3) is 0 Å². The van der Waals surface area contributed by atoms with Gasteiger partial charge in [-0.25, -0.2) is 9.59 Å². The predicted molar refractivity (Wildman–Crippen MR) is 106 cm³/mol. The van der Waals surface area contributed by atoms with E-state index in [0.717, 1.165) is 0 Å². The summed E-state index contributed by atoms with van der Waals surface area (Å²) in [6.07, 6.45) is -3.60. The minimum absolute atomic E-state index is 0.409. The first-order valence-corrected chi connectivity index (χ1v) is 9.87. The Balaban J connectivity index is 1.51. The molecule has 4 rings (SSSR count). The Morgan fingerprint density at radius 2 is 1.47 bits per heavy atom. The molecule has 0 N–H and O–H groups in total. The summed E-state index contributed by atoms with van der Waals surface area (Å²) in [4.78, 5) is 25.1. The fourth-order valence-electron chi connectivity index (χ4n) is 3.66. The van der Waals surface area contributed by atoms with Gasteiger partial charge < -0.3 is 23.7 Å². The molecule has 30 heavy (non-hydrogen) atoms. The van der Waals surface area contributed by atoms with Crippen LogP contribution in [0, 0.1) is 0 Å². The lowest BCUT2D eigenvalue weighted by Crippen LogP contribution is -2.44. The Morgan fingerprint density at radius 1 is 0.900 bits per heavy atom. The van der Waals surface area contributed by atoms with Crippen LogP contribution in [0.1, 0.15) is 41.5 Å². The molecule has 0 amide bonds. The molecule has 2 aliphatic rings. The van der Waals surface area contributed by atoms with Crippen LogP contribution in [-0.4, -0.2) is 48.4 Å². The van der Waals surface area contributed by atoms with E-state index in [-0.39, 0.29) is 0 Å². The fraction of sp³-hybridized carbons (Fsp3) is 0.391. The van der Waals surface area contributed by atoms with Crippen molar-refractivity contribution in [3.05, 3.63) is 71.8 Å². The van der Waals surface area contributed by atoms with Crippen LogP contribution in [0.5, 0.6) is 0 Å². The molecule has 0 aromatic heterocycles. The average molecular weight is 412 g/mol. The largest absolute Gasteiger partial charge is 0.456 e. The van der Waals surface area contributed by atoms with Gasteiger partial charge in [-0.2, -0.15) is 0 Å². The molecule has 2 aromatic rings. The molecule has 7 heteroatoms. The van der Waals surface area contributed by atoms with E-state index in [2.05, 4.69) is 0 Å². The van der Waals surface area contributed by atoms with Gasteiger partial charge in [-0.15, -0.1) is 0 Å². The second-order valence-corrected chi connectivity index (χ2v) is 7.78. The molecular formula is C23H24O7. The van der Waals surface area contributed by atoms with E-state index in [1.54, 1.807) is 69.3 Å². The zero-order valence-corrected chi connectivity index (χ0v) is 17.0. The lowest BCUT2D eigenvalue weighted by molar-refractivity contribution is -0.224. The summed E-state index contributed by atoms with van der Waals surface area (Å²) < 4.78 is 29.0.